The largest absolute Gasteiger partial charge is 0.698 e. The second-order valence-corrected chi connectivity index (χ2v) is 11.5. The molecule has 0 saturated heterocycles. The van der Waals surface area contributed by atoms with Crippen LogP contribution in [0.2, 0.25) is 6.04 Å². The Morgan fingerprint density at radius 2 is 1.21 bits per heavy atom. The zero-order chi connectivity index (χ0) is 29.0. The van der Waals surface area contributed by atoms with Crippen LogP contribution in [0.1, 0.15) is 48.0 Å². The summed E-state index contributed by atoms with van der Waals surface area (Å²) in [6.45, 7) is 9.00. The Bertz CT molecular complexity index is 1190. The Morgan fingerprint density at radius 3 is 1.67 bits per heavy atom. The van der Waals surface area contributed by atoms with Crippen LogP contribution < -0.4 is 4.74 Å². The molecule has 0 spiro atoms. The highest BCUT2D eigenvalue weighted by molar-refractivity contribution is 6.61. The number of ketones is 3. The Morgan fingerprint density at radius 1 is 0.718 bits per heavy atom. The van der Waals surface area contributed by atoms with E-state index in [-0.39, 0.29) is 53.0 Å². The van der Waals surface area contributed by atoms with Gasteiger partial charge in [-0.15, -0.1) is 0 Å². The van der Waals surface area contributed by atoms with E-state index >= 15 is 0 Å². The number of benzene rings is 2. The quantitative estimate of drug-likeness (QED) is 0.104. The normalized spacial score (nSPS) is 12.5. The first-order chi connectivity index (χ1) is 18.4. The van der Waals surface area contributed by atoms with Crippen LogP contribution in [0.15, 0.2) is 84.0 Å². The summed E-state index contributed by atoms with van der Waals surface area (Å²) >= 11 is 0. The molecule has 0 aliphatic heterocycles. The highest BCUT2D eigenvalue weighted by Crippen LogP contribution is 2.33. The molecule has 0 aromatic heterocycles. The minimum Gasteiger partial charge on any atom is -0.490 e. The van der Waals surface area contributed by atoms with Gasteiger partial charge in [-0.1, -0.05) is 42.5 Å². The third-order valence-corrected chi connectivity index (χ3v) is 7.96. The summed E-state index contributed by atoms with van der Waals surface area (Å²) < 4.78 is 39.0. The van der Waals surface area contributed by atoms with Gasteiger partial charge in [-0.2, -0.15) is 0 Å². The molecule has 0 N–H and O–H groups in total. The average molecular weight is 555 g/mol. The van der Waals surface area contributed by atoms with Crippen LogP contribution in [0.4, 0.5) is 4.39 Å². The lowest BCUT2D eigenvalue weighted by Crippen LogP contribution is -2.45. The van der Waals surface area contributed by atoms with Crippen molar-refractivity contribution in [1.82, 2.24) is 0 Å². The standard InChI is InChI=1S/C30H35FO7Si/c1-21(32)18-24(4)36-39(37-25(5)19-22(2)33,38-26(6)20-23(3)34)17-11-16-35-30-28(14-10-15-29(30)31)27-12-8-7-9-13-27/h7-10,12-15,18-20H,11,16-17H2,1-6H3/b24-18-,25-19+,26-20+. The molecule has 9 heteroatoms. The van der Waals surface area contributed by atoms with E-state index in [1.807, 2.05) is 30.3 Å². The van der Waals surface area contributed by atoms with Gasteiger partial charge in [-0.05, 0) is 59.6 Å². The summed E-state index contributed by atoms with van der Waals surface area (Å²) in [5.41, 5.74) is 1.43. The van der Waals surface area contributed by atoms with E-state index < -0.39 is 14.6 Å². The molecule has 39 heavy (non-hydrogen) atoms. The molecule has 208 valence electrons. The molecule has 0 amide bonds. The maximum absolute atomic E-state index is 14.8. The first kappa shape index (κ1) is 31.2. The number of carbonyl (C=O) groups excluding carboxylic acids is 3. The van der Waals surface area contributed by atoms with Crippen molar-refractivity contribution in [2.45, 2.75) is 54.0 Å². The summed E-state index contributed by atoms with van der Waals surface area (Å²) in [7, 11) is -3.75. The molecule has 2 aromatic rings. The number of ether oxygens (including phenoxy) is 1. The summed E-state index contributed by atoms with van der Waals surface area (Å²) in [6, 6.07) is 14.2. The fourth-order valence-electron chi connectivity index (χ4n) is 3.86. The predicted octanol–water partition coefficient (Wildman–Crippen LogP) is 6.73. The zero-order valence-electron chi connectivity index (χ0n) is 23.2. The van der Waals surface area contributed by atoms with Crippen molar-refractivity contribution in [1.29, 1.82) is 0 Å². The van der Waals surface area contributed by atoms with E-state index in [9.17, 15) is 18.8 Å². The van der Waals surface area contributed by atoms with Crippen molar-refractivity contribution >= 4 is 26.2 Å². The molecule has 0 unspecified atom stereocenters. The van der Waals surface area contributed by atoms with E-state index in [2.05, 4.69) is 0 Å². The Balaban J connectivity index is 2.37. The minimum absolute atomic E-state index is 0.0893. The number of rotatable bonds is 15. The van der Waals surface area contributed by atoms with Gasteiger partial charge in [0.25, 0.3) is 0 Å². The Labute approximate surface area is 230 Å². The highest BCUT2D eigenvalue weighted by Gasteiger charge is 2.49. The molecular weight excluding hydrogens is 519 g/mol. The van der Waals surface area contributed by atoms with Crippen LogP contribution in [0.3, 0.4) is 0 Å². The number of halogens is 1. The van der Waals surface area contributed by atoms with Crippen LogP contribution in [0.5, 0.6) is 5.75 Å². The van der Waals surface area contributed by atoms with E-state index in [1.54, 1.807) is 32.9 Å². The van der Waals surface area contributed by atoms with Crippen LogP contribution in [-0.4, -0.2) is 32.8 Å². The predicted molar refractivity (Wildman–Crippen MR) is 149 cm³/mol. The molecule has 0 radical (unpaired) electrons. The molecule has 7 nitrogen and oxygen atoms in total. The molecule has 0 aliphatic carbocycles. The first-order valence-corrected chi connectivity index (χ1v) is 14.4. The molecule has 0 atom stereocenters. The monoisotopic (exact) mass is 554 g/mol. The lowest BCUT2D eigenvalue weighted by molar-refractivity contribution is -0.113. The Kier molecular flexibility index (Phi) is 11.9. The lowest BCUT2D eigenvalue weighted by Gasteiger charge is -2.31. The Hall–Kier alpha value is -3.98. The summed E-state index contributed by atoms with van der Waals surface area (Å²) in [5.74, 6) is -0.336. The SMILES string of the molecule is CC(=O)/C=C(/C)O[Si](CCCOc1c(F)cccc1-c1ccccc1)(O/C(C)=C/C(C)=O)O/C(C)=C/C(C)=O. The smallest absolute Gasteiger partial charge is 0.490 e. The van der Waals surface area contributed by atoms with Crippen LogP contribution >= 0.6 is 0 Å². The van der Waals surface area contributed by atoms with Gasteiger partial charge in [0, 0.05) is 23.8 Å². The van der Waals surface area contributed by atoms with Gasteiger partial charge in [0.15, 0.2) is 28.9 Å². The van der Waals surface area contributed by atoms with Crippen molar-refractivity contribution in [3.63, 3.8) is 0 Å². The fraction of sp³-hybridized carbons (Fsp3) is 0.300. The van der Waals surface area contributed by atoms with Crippen molar-refractivity contribution < 1.29 is 36.8 Å². The third-order valence-electron chi connectivity index (χ3n) is 5.09. The molecular formula is C30H35FO7Si. The molecule has 0 aliphatic rings. The van der Waals surface area contributed by atoms with Crippen LogP contribution in [-0.2, 0) is 27.7 Å². The lowest BCUT2D eigenvalue weighted by atomic mass is 10.0. The number of hydrogen-bond donors (Lipinski definition) is 0. The number of hydrogen-bond acceptors (Lipinski definition) is 7. The molecule has 0 heterocycles. The van der Waals surface area contributed by atoms with E-state index in [1.165, 1.54) is 45.1 Å². The van der Waals surface area contributed by atoms with Gasteiger partial charge in [-0.3, -0.25) is 14.4 Å². The van der Waals surface area contributed by atoms with Crippen molar-refractivity contribution in [2.75, 3.05) is 6.61 Å². The molecule has 0 bridgehead atoms. The van der Waals surface area contributed by atoms with Crippen LogP contribution in [0.25, 0.3) is 11.1 Å². The fourth-order valence-corrected chi connectivity index (χ4v) is 6.52. The number of allylic oxidation sites excluding steroid dienone is 6. The van der Waals surface area contributed by atoms with Gasteiger partial charge < -0.3 is 18.0 Å². The molecule has 0 fully saturated rings. The molecule has 2 aromatic carbocycles. The van der Waals surface area contributed by atoms with E-state index in [4.69, 9.17) is 18.0 Å². The van der Waals surface area contributed by atoms with E-state index in [0.717, 1.165) is 5.56 Å². The van der Waals surface area contributed by atoms with E-state index in [0.29, 0.717) is 12.0 Å². The first-order valence-electron chi connectivity index (χ1n) is 12.5. The van der Waals surface area contributed by atoms with Gasteiger partial charge in [0.2, 0.25) is 0 Å². The summed E-state index contributed by atoms with van der Waals surface area (Å²) in [5, 5.41) is 0. The molecule has 2 rings (SSSR count). The van der Waals surface area contributed by atoms with Gasteiger partial charge >= 0.3 is 8.80 Å². The summed E-state index contributed by atoms with van der Waals surface area (Å²) in [6.07, 6.45) is 4.20. The van der Waals surface area contributed by atoms with Crippen molar-refractivity contribution in [3.8, 4) is 16.9 Å². The topological polar surface area (TPSA) is 88.1 Å². The third kappa shape index (κ3) is 10.7. The van der Waals surface area contributed by atoms with Crippen molar-refractivity contribution in [3.05, 3.63) is 89.9 Å². The second-order valence-electron chi connectivity index (χ2n) is 9.02. The van der Waals surface area contributed by atoms with Gasteiger partial charge in [0.05, 0.1) is 29.9 Å². The summed E-state index contributed by atoms with van der Waals surface area (Å²) in [4.78, 5) is 35.0. The van der Waals surface area contributed by atoms with Crippen LogP contribution in [0, 0.1) is 5.82 Å². The maximum Gasteiger partial charge on any atom is 0.698 e. The van der Waals surface area contributed by atoms with Gasteiger partial charge in [-0.25, -0.2) is 4.39 Å². The van der Waals surface area contributed by atoms with Gasteiger partial charge in [0.1, 0.15) is 0 Å². The second kappa shape index (κ2) is 14.8. The zero-order valence-corrected chi connectivity index (χ0v) is 24.2. The minimum atomic E-state index is -3.75. The number of para-hydroxylation sites is 1. The average Bonchev–Trinajstić information content (AvgIpc) is 2.81. The maximum atomic E-state index is 14.8. The van der Waals surface area contributed by atoms with Crippen molar-refractivity contribution in [2.24, 2.45) is 0 Å². The number of carbonyl (C=O) groups is 3. The highest BCUT2D eigenvalue weighted by atomic mass is 28.4. The molecule has 0 saturated carbocycles.